The molecule has 1 aliphatic heterocycles. The summed E-state index contributed by atoms with van der Waals surface area (Å²) in [6, 6.07) is 0. The molecule has 0 unspecified atom stereocenters. The molecule has 1 saturated heterocycles. The Kier molecular flexibility index (Phi) is 8.15. The fraction of sp³-hybridized carbons (Fsp3) is 0.789. The van der Waals surface area contributed by atoms with Gasteiger partial charge in [-0.25, -0.2) is 4.99 Å². The molecule has 2 rings (SSSR count). The van der Waals surface area contributed by atoms with Gasteiger partial charge in [0.05, 0.1) is 18.8 Å². The second-order valence-corrected chi connectivity index (χ2v) is 7.52. The third-order valence-corrected chi connectivity index (χ3v) is 5.35. The second-order valence-electron chi connectivity index (χ2n) is 7.52. The van der Waals surface area contributed by atoms with Crippen molar-refractivity contribution in [3.63, 3.8) is 0 Å². The van der Waals surface area contributed by atoms with Gasteiger partial charge in [0, 0.05) is 31.4 Å². The van der Waals surface area contributed by atoms with Gasteiger partial charge < -0.3 is 10.6 Å². The summed E-state index contributed by atoms with van der Waals surface area (Å²) < 4.78 is 39.3. The summed E-state index contributed by atoms with van der Waals surface area (Å²) in [6.07, 6.45) is -1.52. The Balaban J connectivity index is 1.77. The van der Waals surface area contributed by atoms with Gasteiger partial charge in [-0.2, -0.15) is 18.3 Å². The molecule has 0 saturated carbocycles. The summed E-state index contributed by atoms with van der Waals surface area (Å²) in [5.41, 5.74) is 3.24. The maximum Gasteiger partial charge on any atom is 0.401 e. The zero-order valence-electron chi connectivity index (χ0n) is 17.4. The molecule has 1 aliphatic rings. The smallest absolute Gasteiger partial charge is 0.357 e. The van der Waals surface area contributed by atoms with Gasteiger partial charge in [-0.15, -0.1) is 0 Å². The molecule has 0 aromatic carbocycles. The minimum Gasteiger partial charge on any atom is -0.357 e. The van der Waals surface area contributed by atoms with Crippen LogP contribution < -0.4 is 10.6 Å². The van der Waals surface area contributed by atoms with E-state index in [-0.39, 0.29) is 0 Å². The number of guanidine groups is 1. The number of nitrogens with zero attached hydrogens (tertiary/aromatic N) is 4. The maximum absolute atomic E-state index is 12.5. The quantitative estimate of drug-likeness (QED) is 0.544. The molecule has 0 spiro atoms. The van der Waals surface area contributed by atoms with Crippen molar-refractivity contribution in [3.05, 3.63) is 17.0 Å². The van der Waals surface area contributed by atoms with Gasteiger partial charge in [0.2, 0.25) is 0 Å². The van der Waals surface area contributed by atoms with Gasteiger partial charge in [0.25, 0.3) is 0 Å². The molecule has 0 amide bonds. The summed E-state index contributed by atoms with van der Waals surface area (Å²) in [5.74, 6) is 1.22. The van der Waals surface area contributed by atoms with Crippen LogP contribution in [0, 0.1) is 19.8 Å². The van der Waals surface area contributed by atoms with Crippen LogP contribution in [0.15, 0.2) is 4.99 Å². The normalized spacial score (nSPS) is 17.2. The van der Waals surface area contributed by atoms with Gasteiger partial charge in [0.15, 0.2) is 5.96 Å². The minimum atomic E-state index is -4.10. The summed E-state index contributed by atoms with van der Waals surface area (Å²) in [6.45, 7) is 8.41. The Morgan fingerprint density at radius 2 is 1.89 bits per heavy atom. The predicted molar refractivity (Wildman–Crippen MR) is 105 cm³/mol. The SMILES string of the molecule is CCNC(=NCc1c(C)nn(C)c1C)NCCC1CCN(CC(F)(F)F)CC1. The molecule has 0 radical (unpaired) electrons. The van der Waals surface area contributed by atoms with Crippen LogP contribution in [0.3, 0.4) is 0 Å². The van der Waals surface area contributed by atoms with E-state index in [1.807, 2.05) is 32.5 Å². The van der Waals surface area contributed by atoms with Crippen molar-refractivity contribution >= 4 is 5.96 Å². The average molecular weight is 403 g/mol. The first-order valence-corrected chi connectivity index (χ1v) is 10.00. The molecule has 2 N–H and O–H groups in total. The largest absolute Gasteiger partial charge is 0.401 e. The summed E-state index contributed by atoms with van der Waals surface area (Å²) >= 11 is 0. The first kappa shape index (κ1) is 22.5. The number of piperidine rings is 1. The van der Waals surface area contributed by atoms with Crippen LogP contribution in [0.25, 0.3) is 0 Å². The standard InChI is InChI=1S/C19H33F3N6/c1-5-23-18(25-12-17-14(2)26-27(4)15(17)3)24-9-6-16-7-10-28(11-8-16)13-19(20,21)22/h16H,5-13H2,1-4H3,(H2,23,24,25). The molecular formula is C19H33F3N6. The van der Waals surface area contributed by atoms with Gasteiger partial charge in [-0.1, -0.05) is 0 Å². The first-order valence-electron chi connectivity index (χ1n) is 10.00. The van der Waals surface area contributed by atoms with Gasteiger partial charge >= 0.3 is 6.18 Å². The monoisotopic (exact) mass is 402 g/mol. The Bertz CT molecular complexity index is 645. The van der Waals surface area contributed by atoms with Crippen molar-refractivity contribution in [2.75, 3.05) is 32.7 Å². The van der Waals surface area contributed by atoms with E-state index < -0.39 is 12.7 Å². The predicted octanol–water partition coefficient (Wildman–Crippen LogP) is 2.76. The van der Waals surface area contributed by atoms with Gasteiger partial charge in [-0.3, -0.25) is 9.58 Å². The molecule has 28 heavy (non-hydrogen) atoms. The lowest BCUT2D eigenvalue weighted by Gasteiger charge is -2.32. The number of rotatable bonds is 7. The highest BCUT2D eigenvalue weighted by Crippen LogP contribution is 2.24. The van der Waals surface area contributed by atoms with Crippen molar-refractivity contribution < 1.29 is 13.2 Å². The number of aliphatic imine (C=N–C) groups is 1. The highest BCUT2D eigenvalue weighted by Gasteiger charge is 2.32. The van der Waals surface area contributed by atoms with Crippen LogP contribution >= 0.6 is 0 Å². The Morgan fingerprint density at radius 3 is 2.43 bits per heavy atom. The van der Waals surface area contributed by atoms with Crippen LogP contribution in [0.2, 0.25) is 0 Å². The number of alkyl halides is 3. The number of aryl methyl sites for hydroxylation is 2. The fourth-order valence-electron chi connectivity index (χ4n) is 3.63. The lowest BCUT2D eigenvalue weighted by atomic mass is 9.93. The molecule has 0 atom stereocenters. The number of hydrogen-bond donors (Lipinski definition) is 2. The number of likely N-dealkylation sites (tertiary alicyclic amines) is 1. The van der Waals surface area contributed by atoms with E-state index in [1.54, 1.807) is 0 Å². The Labute approximate surface area is 165 Å². The highest BCUT2D eigenvalue weighted by molar-refractivity contribution is 5.79. The van der Waals surface area contributed by atoms with Crippen LogP contribution in [-0.4, -0.2) is 59.5 Å². The zero-order valence-corrected chi connectivity index (χ0v) is 17.4. The summed E-state index contributed by atoms with van der Waals surface area (Å²) in [7, 11) is 1.93. The first-order chi connectivity index (χ1) is 13.2. The Morgan fingerprint density at radius 1 is 1.21 bits per heavy atom. The molecule has 160 valence electrons. The van der Waals surface area contributed by atoms with Gasteiger partial charge in [0.1, 0.15) is 0 Å². The molecule has 6 nitrogen and oxygen atoms in total. The molecule has 1 aromatic rings. The van der Waals surface area contributed by atoms with E-state index in [4.69, 9.17) is 0 Å². The topological polar surface area (TPSA) is 57.5 Å². The molecular weight excluding hydrogens is 369 g/mol. The van der Waals surface area contributed by atoms with E-state index >= 15 is 0 Å². The number of halogens is 3. The minimum absolute atomic E-state index is 0.461. The molecule has 9 heteroatoms. The average Bonchev–Trinajstić information content (AvgIpc) is 2.85. The van der Waals surface area contributed by atoms with E-state index in [2.05, 4.69) is 20.7 Å². The lowest BCUT2D eigenvalue weighted by Crippen LogP contribution is -2.41. The van der Waals surface area contributed by atoms with E-state index in [0.717, 1.165) is 55.3 Å². The summed E-state index contributed by atoms with van der Waals surface area (Å²) in [5, 5.41) is 11.0. The number of hydrogen-bond acceptors (Lipinski definition) is 3. The highest BCUT2D eigenvalue weighted by atomic mass is 19.4. The van der Waals surface area contributed by atoms with Crippen molar-refractivity contribution in [2.24, 2.45) is 18.0 Å². The molecule has 0 aliphatic carbocycles. The molecule has 0 bridgehead atoms. The molecule has 1 fully saturated rings. The third-order valence-electron chi connectivity index (χ3n) is 5.35. The van der Waals surface area contributed by atoms with Crippen LogP contribution in [0.1, 0.15) is 43.1 Å². The van der Waals surface area contributed by atoms with Crippen LogP contribution in [-0.2, 0) is 13.6 Å². The van der Waals surface area contributed by atoms with E-state index in [9.17, 15) is 13.2 Å². The van der Waals surface area contributed by atoms with E-state index in [1.165, 1.54) is 4.90 Å². The fourth-order valence-corrected chi connectivity index (χ4v) is 3.63. The zero-order chi connectivity index (χ0) is 20.7. The molecule has 2 heterocycles. The number of aromatic nitrogens is 2. The molecule has 1 aromatic heterocycles. The van der Waals surface area contributed by atoms with Gasteiger partial charge in [-0.05, 0) is 59.0 Å². The van der Waals surface area contributed by atoms with Crippen LogP contribution in [0.5, 0.6) is 0 Å². The van der Waals surface area contributed by atoms with Crippen molar-refractivity contribution in [1.29, 1.82) is 0 Å². The maximum atomic E-state index is 12.5. The third kappa shape index (κ3) is 7.00. The van der Waals surface area contributed by atoms with Crippen LogP contribution in [0.4, 0.5) is 13.2 Å². The van der Waals surface area contributed by atoms with Crippen molar-refractivity contribution in [2.45, 2.75) is 52.8 Å². The van der Waals surface area contributed by atoms with Crippen molar-refractivity contribution in [1.82, 2.24) is 25.3 Å². The second kappa shape index (κ2) is 10.1. The van der Waals surface area contributed by atoms with Crippen molar-refractivity contribution in [3.8, 4) is 0 Å². The lowest BCUT2D eigenvalue weighted by molar-refractivity contribution is -0.148. The summed E-state index contributed by atoms with van der Waals surface area (Å²) in [4.78, 5) is 6.17. The number of nitrogens with one attached hydrogen (secondary N) is 2. The van der Waals surface area contributed by atoms with E-state index in [0.29, 0.717) is 25.6 Å². The Hall–Kier alpha value is -1.77.